The summed E-state index contributed by atoms with van der Waals surface area (Å²) in [5.74, 6) is 0.879. The first kappa shape index (κ1) is 12.8. The van der Waals surface area contributed by atoms with Crippen molar-refractivity contribution in [2.45, 2.75) is 13.0 Å². The van der Waals surface area contributed by atoms with Crippen LogP contribution in [0, 0.1) is 0 Å². The van der Waals surface area contributed by atoms with E-state index in [2.05, 4.69) is 29.2 Å². The molecule has 1 aromatic heterocycles. The van der Waals surface area contributed by atoms with Crippen LogP contribution in [0.4, 0.5) is 0 Å². The molecule has 0 atom stereocenters. The van der Waals surface area contributed by atoms with Crippen LogP contribution in [-0.4, -0.2) is 12.1 Å². The topological polar surface area (TPSA) is 51.0 Å². The fraction of sp³-hybridized carbons (Fsp3) is 0.176. The molecule has 3 aromatic rings. The number of H-pyrrole nitrogens is 1. The van der Waals surface area contributed by atoms with Crippen molar-refractivity contribution in [1.29, 1.82) is 0 Å². The van der Waals surface area contributed by atoms with Gasteiger partial charge in [-0.15, -0.1) is 0 Å². The maximum atomic E-state index is 5.92. The molecule has 102 valence electrons. The molecule has 0 aliphatic heterocycles. The molecular weight excluding hydrogens is 248 g/mol. The smallest absolute Gasteiger partial charge is 0.118 e. The van der Waals surface area contributed by atoms with Gasteiger partial charge in [0.25, 0.3) is 0 Å². The Balaban J connectivity index is 1.96. The Morgan fingerprint density at radius 1 is 1.05 bits per heavy atom. The summed E-state index contributed by atoms with van der Waals surface area (Å²) in [7, 11) is 1.68. The van der Waals surface area contributed by atoms with Crippen molar-refractivity contribution in [3.05, 3.63) is 65.4 Å². The number of aromatic nitrogens is 1. The molecule has 3 rings (SSSR count). The quantitative estimate of drug-likeness (QED) is 0.761. The molecule has 0 amide bonds. The summed E-state index contributed by atoms with van der Waals surface area (Å²) in [6.45, 7) is 0.551. The maximum absolute atomic E-state index is 5.92. The van der Waals surface area contributed by atoms with Gasteiger partial charge in [0, 0.05) is 29.6 Å². The summed E-state index contributed by atoms with van der Waals surface area (Å²) in [5.41, 5.74) is 10.7. The third kappa shape index (κ3) is 2.28. The minimum absolute atomic E-state index is 0.551. The number of ether oxygens (including phenoxy) is 1. The molecule has 0 fully saturated rings. The Morgan fingerprint density at radius 3 is 2.50 bits per heavy atom. The predicted octanol–water partition coefficient (Wildman–Crippen LogP) is 3.23. The van der Waals surface area contributed by atoms with Crippen LogP contribution in [0.3, 0.4) is 0 Å². The highest BCUT2D eigenvalue weighted by atomic mass is 16.5. The van der Waals surface area contributed by atoms with Gasteiger partial charge in [-0.1, -0.05) is 30.3 Å². The van der Waals surface area contributed by atoms with Crippen LogP contribution in [0.1, 0.15) is 16.8 Å². The van der Waals surface area contributed by atoms with Crippen LogP contribution in [0.25, 0.3) is 10.9 Å². The summed E-state index contributed by atoms with van der Waals surface area (Å²) < 4.78 is 5.18. The van der Waals surface area contributed by atoms with Gasteiger partial charge in [-0.25, -0.2) is 0 Å². The van der Waals surface area contributed by atoms with Gasteiger partial charge >= 0.3 is 0 Å². The lowest BCUT2D eigenvalue weighted by Crippen LogP contribution is -2.00. The molecular formula is C17H18N2O. The van der Waals surface area contributed by atoms with E-state index < -0.39 is 0 Å². The lowest BCUT2D eigenvalue weighted by atomic mass is 10.0. The lowest BCUT2D eigenvalue weighted by Gasteiger charge is -2.04. The molecule has 3 N–H and O–H groups in total. The first-order valence-electron chi connectivity index (χ1n) is 6.73. The second-order valence-corrected chi connectivity index (χ2v) is 4.86. The van der Waals surface area contributed by atoms with Crippen LogP contribution in [-0.2, 0) is 13.0 Å². The van der Waals surface area contributed by atoms with Crippen molar-refractivity contribution in [2.24, 2.45) is 5.73 Å². The molecule has 0 aliphatic rings. The zero-order chi connectivity index (χ0) is 13.9. The van der Waals surface area contributed by atoms with Crippen molar-refractivity contribution in [3.63, 3.8) is 0 Å². The molecule has 1 heterocycles. The number of hydrogen-bond donors (Lipinski definition) is 2. The number of methoxy groups -OCH3 is 1. The standard InChI is InChI=1S/C17H18N2O/c1-20-13-8-6-12(7-9-13)10-17-15(11-18)14-4-2-3-5-16(14)19-17/h2-9,19H,10-11,18H2,1H3. The van der Waals surface area contributed by atoms with Gasteiger partial charge in [-0.05, 0) is 29.3 Å². The number of fused-ring (bicyclic) bond motifs is 1. The van der Waals surface area contributed by atoms with Gasteiger partial charge in [-0.3, -0.25) is 0 Å². The molecule has 0 unspecified atom stereocenters. The van der Waals surface area contributed by atoms with E-state index in [0.29, 0.717) is 6.54 Å². The maximum Gasteiger partial charge on any atom is 0.118 e. The van der Waals surface area contributed by atoms with E-state index in [1.54, 1.807) is 7.11 Å². The lowest BCUT2D eigenvalue weighted by molar-refractivity contribution is 0.414. The van der Waals surface area contributed by atoms with Crippen LogP contribution < -0.4 is 10.5 Å². The van der Waals surface area contributed by atoms with E-state index >= 15 is 0 Å². The number of benzene rings is 2. The third-order valence-electron chi connectivity index (χ3n) is 3.65. The Labute approximate surface area is 118 Å². The average molecular weight is 266 g/mol. The first-order valence-corrected chi connectivity index (χ1v) is 6.73. The number of para-hydroxylation sites is 1. The highest BCUT2D eigenvalue weighted by Gasteiger charge is 2.10. The van der Waals surface area contributed by atoms with E-state index in [0.717, 1.165) is 17.7 Å². The second-order valence-electron chi connectivity index (χ2n) is 4.86. The fourth-order valence-electron chi connectivity index (χ4n) is 2.59. The fourth-order valence-corrected chi connectivity index (χ4v) is 2.59. The largest absolute Gasteiger partial charge is 0.497 e. The Bertz CT molecular complexity index is 713. The zero-order valence-corrected chi connectivity index (χ0v) is 11.5. The normalized spacial score (nSPS) is 10.9. The molecule has 3 nitrogen and oxygen atoms in total. The third-order valence-corrected chi connectivity index (χ3v) is 3.65. The van der Waals surface area contributed by atoms with Gasteiger partial charge in [-0.2, -0.15) is 0 Å². The predicted molar refractivity (Wildman–Crippen MR) is 82.0 cm³/mol. The molecule has 0 radical (unpaired) electrons. The van der Waals surface area contributed by atoms with Crippen LogP contribution in [0.5, 0.6) is 5.75 Å². The molecule has 0 saturated carbocycles. The molecule has 0 aliphatic carbocycles. The SMILES string of the molecule is COc1ccc(Cc2[nH]c3ccccc3c2CN)cc1. The Hall–Kier alpha value is -2.26. The minimum Gasteiger partial charge on any atom is -0.497 e. The highest BCUT2D eigenvalue weighted by molar-refractivity contribution is 5.84. The first-order chi connectivity index (χ1) is 9.81. The molecule has 0 spiro atoms. The summed E-state index contributed by atoms with van der Waals surface area (Å²) >= 11 is 0. The summed E-state index contributed by atoms with van der Waals surface area (Å²) in [4.78, 5) is 3.48. The van der Waals surface area contributed by atoms with E-state index in [1.807, 2.05) is 24.3 Å². The minimum atomic E-state index is 0.551. The summed E-state index contributed by atoms with van der Waals surface area (Å²) in [6, 6.07) is 16.4. The van der Waals surface area contributed by atoms with Gasteiger partial charge < -0.3 is 15.5 Å². The summed E-state index contributed by atoms with van der Waals surface area (Å²) in [6.07, 6.45) is 0.852. The van der Waals surface area contributed by atoms with Crippen molar-refractivity contribution >= 4 is 10.9 Å². The molecule has 3 heteroatoms. The molecule has 20 heavy (non-hydrogen) atoms. The van der Waals surface area contributed by atoms with E-state index in [4.69, 9.17) is 10.5 Å². The highest BCUT2D eigenvalue weighted by Crippen LogP contribution is 2.24. The van der Waals surface area contributed by atoms with E-state index in [-0.39, 0.29) is 0 Å². The van der Waals surface area contributed by atoms with Crippen molar-refractivity contribution in [2.75, 3.05) is 7.11 Å². The monoisotopic (exact) mass is 266 g/mol. The average Bonchev–Trinajstić information content (AvgIpc) is 2.85. The van der Waals surface area contributed by atoms with Gasteiger partial charge in [0.15, 0.2) is 0 Å². The van der Waals surface area contributed by atoms with Crippen LogP contribution >= 0.6 is 0 Å². The van der Waals surface area contributed by atoms with Gasteiger partial charge in [0.1, 0.15) is 5.75 Å². The molecule has 0 saturated heterocycles. The number of aromatic amines is 1. The van der Waals surface area contributed by atoms with E-state index in [1.165, 1.54) is 22.2 Å². The van der Waals surface area contributed by atoms with Crippen molar-refractivity contribution in [1.82, 2.24) is 4.98 Å². The van der Waals surface area contributed by atoms with E-state index in [9.17, 15) is 0 Å². The van der Waals surface area contributed by atoms with Crippen LogP contribution in [0.15, 0.2) is 48.5 Å². The number of nitrogens with two attached hydrogens (primary N) is 1. The Morgan fingerprint density at radius 2 is 1.80 bits per heavy atom. The second kappa shape index (κ2) is 5.39. The number of hydrogen-bond acceptors (Lipinski definition) is 2. The number of rotatable bonds is 4. The van der Waals surface area contributed by atoms with Gasteiger partial charge in [0.2, 0.25) is 0 Å². The Kier molecular flexibility index (Phi) is 3.44. The van der Waals surface area contributed by atoms with Crippen molar-refractivity contribution < 1.29 is 4.74 Å². The number of nitrogens with one attached hydrogen (secondary N) is 1. The van der Waals surface area contributed by atoms with Crippen molar-refractivity contribution in [3.8, 4) is 5.75 Å². The molecule has 0 bridgehead atoms. The van der Waals surface area contributed by atoms with Gasteiger partial charge in [0.05, 0.1) is 7.11 Å². The zero-order valence-electron chi connectivity index (χ0n) is 11.5. The van der Waals surface area contributed by atoms with Crippen LogP contribution in [0.2, 0.25) is 0 Å². The summed E-state index contributed by atoms with van der Waals surface area (Å²) in [5, 5.41) is 1.22. The molecule has 2 aromatic carbocycles.